The standard InChI is InChI=1S/C9H14N5O4P/c10-3-6(1-2-19(16,17)18)14-5-13-7-8(14)11-4-12-9(7)15/h4-6H,1-3,10H2,(H,11,12,15)(H2,16,17,18). The number of nitrogens with one attached hydrogen (secondary N) is 1. The van der Waals surface area contributed by atoms with Gasteiger partial charge in [-0.25, -0.2) is 9.97 Å². The lowest BCUT2D eigenvalue weighted by Crippen LogP contribution is -2.20. The van der Waals surface area contributed by atoms with Crippen molar-refractivity contribution in [2.24, 2.45) is 5.73 Å². The maximum atomic E-state index is 11.5. The Morgan fingerprint density at radius 2 is 2.21 bits per heavy atom. The van der Waals surface area contributed by atoms with Crippen molar-refractivity contribution >= 4 is 18.8 Å². The number of hydrogen-bond acceptors (Lipinski definition) is 5. The van der Waals surface area contributed by atoms with Gasteiger partial charge in [-0.05, 0) is 6.42 Å². The highest BCUT2D eigenvalue weighted by Gasteiger charge is 2.20. The average molecular weight is 287 g/mol. The molecule has 104 valence electrons. The van der Waals surface area contributed by atoms with E-state index in [4.69, 9.17) is 15.5 Å². The van der Waals surface area contributed by atoms with E-state index in [1.54, 1.807) is 4.57 Å². The number of imidazole rings is 1. The molecule has 0 aliphatic heterocycles. The van der Waals surface area contributed by atoms with Crippen LogP contribution in [0.15, 0.2) is 17.4 Å². The fourth-order valence-electron chi connectivity index (χ4n) is 1.82. The second-order valence-corrected chi connectivity index (χ2v) is 5.90. The highest BCUT2D eigenvalue weighted by Crippen LogP contribution is 2.36. The Kier molecular flexibility index (Phi) is 3.81. The van der Waals surface area contributed by atoms with Crippen molar-refractivity contribution in [2.75, 3.05) is 12.7 Å². The second-order valence-electron chi connectivity index (χ2n) is 4.12. The molecule has 0 fully saturated rings. The van der Waals surface area contributed by atoms with Crippen molar-refractivity contribution in [3.63, 3.8) is 0 Å². The molecule has 0 bridgehead atoms. The molecule has 0 spiro atoms. The van der Waals surface area contributed by atoms with Gasteiger partial charge in [0.2, 0.25) is 0 Å². The zero-order valence-corrected chi connectivity index (χ0v) is 10.8. The minimum atomic E-state index is -4.08. The Balaban J connectivity index is 2.34. The molecule has 2 aromatic heterocycles. The van der Waals surface area contributed by atoms with Crippen molar-refractivity contribution in [1.82, 2.24) is 19.5 Å². The largest absolute Gasteiger partial charge is 0.328 e. The van der Waals surface area contributed by atoms with Gasteiger partial charge in [0.1, 0.15) is 0 Å². The number of nitrogens with two attached hydrogens (primary N) is 1. The SMILES string of the molecule is NCC(CCP(=O)(O)O)n1cnc2c(=O)[nH]cnc21. The van der Waals surface area contributed by atoms with Gasteiger partial charge in [-0.15, -0.1) is 0 Å². The van der Waals surface area contributed by atoms with Crippen LogP contribution in [-0.2, 0) is 4.57 Å². The summed E-state index contributed by atoms with van der Waals surface area (Å²) >= 11 is 0. The van der Waals surface area contributed by atoms with Crippen molar-refractivity contribution < 1.29 is 14.4 Å². The molecule has 2 aromatic rings. The summed E-state index contributed by atoms with van der Waals surface area (Å²) in [7, 11) is -4.08. The molecule has 10 heteroatoms. The third-order valence-electron chi connectivity index (χ3n) is 2.78. The van der Waals surface area contributed by atoms with Crippen LogP contribution >= 0.6 is 7.60 Å². The van der Waals surface area contributed by atoms with Crippen LogP contribution in [-0.4, -0.2) is 42.0 Å². The Labute approximate surface area is 107 Å². The van der Waals surface area contributed by atoms with Crippen LogP contribution in [0.4, 0.5) is 0 Å². The van der Waals surface area contributed by atoms with E-state index in [9.17, 15) is 9.36 Å². The third kappa shape index (κ3) is 3.07. The number of aromatic nitrogens is 4. The Hall–Kier alpha value is -1.54. The lowest BCUT2D eigenvalue weighted by Gasteiger charge is -2.17. The minimum absolute atomic E-state index is 0.167. The summed E-state index contributed by atoms with van der Waals surface area (Å²) < 4.78 is 12.5. The summed E-state index contributed by atoms with van der Waals surface area (Å²) in [4.78, 5) is 39.6. The number of nitrogens with zero attached hydrogens (tertiary/aromatic N) is 3. The van der Waals surface area contributed by atoms with Crippen LogP contribution in [0.2, 0.25) is 0 Å². The monoisotopic (exact) mass is 287 g/mol. The molecule has 19 heavy (non-hydrogen) atoms. The van der Waals surface area contributed by atoms with Crippen LogP contribution in [0.1, 0.15) is 12.5 Å². The zero-order valence-electron chi connectivity index (χ0n) is 9.93. The van der Waals surface area contributed by atoms with Gasteiger partial charge >= 0.3 is 7.60 Å². The third-order valence-corrected chi connectivity index (χ3v) is 3.63. The molecular formula is C9H14N5O4P. The molecule has 0 aliphatic rings. The molecule has 1 unspecified atom stereocenters. The van der Waals surface area contributed by atoms with E-state index < -0.39 is 7.60 Å². The van der Waals surface area contributed by atoms with Crippen molar-refractivity contribution in [3.05, 3.63) is 23.0 Å². The summed E-state index contributed by atoms with van der Waals surface area (Å²) in [6.07, 6.45) is 2.56. The summed E-state index contributed by atoms with van der Waals surface area (Å²) in [6, 6.07) is -0.369. The van der Waals surface area contributed by atoms with Crippen molar-refractivity contribution in [1.29, 1.82) is 0 Å². The summed E-state index contributed by atoms with van der Waals surface area (Å²) in [5.41, 5.74) is 5.77. The molecule has 2 heterocycles. The zero-order chi connectivity index (χ0) is 14.0. The molecule has 5 N–H and O–H groups in total. The molecule has 0 amide bonds. The van der Waals surface area contributed by atoms with Gasteiger partial charge in [0.25, 0.3) is 5.56 Å². The van der Waals surface area contributed by atoms with Gasteiger partial charge in [0.05, 0.1) is 18.8 Å². The second kappa shape index (κ2) is 5.22. The average Bonchev–Trinajstić information content (AvgIpc) is 2.74. The maximum absolute atomic E-state index is 11.5. The predicted octanol–water partition coefficient (Wildman–Crippen LogP) is -0.813. The highest BCUT2D eigenvalue weighted by atomic mass is 31.2. The van der Waals surface area contributed by atoms with E-state index in [0.29, 0.717) is 5.65 Å². The quantitative estimate of drug-likeness (QED) is 0.525. The molecule has 9 nitrogen and oxygen atoms in total. The number of fused-ring (bicyclic) bond motifs is 1. The van der Waals surface area contributed by atoms with Gasteiger partial charge < -0.3 is 25.1 Å². The van der Waals surface area contributed by atoms with Crippen molar-refractivity contribution in [3.8, 4) is 0 Å². The molecule has 0 saturated carbocycles. The Bertz CT molecular complexity index is 675. The van der Waals surface area contributed by atoms with Crippen LogP contribution in [0.25, 0.3) is 11.2 Å². The summed E-state index contributed by atoms with van der Waals surface area (Å²) in [5.74, 6) is 0. The first kappa shape index (κ1) is 13.9. The van der Waals surface area contributed by atoms with E-state index in [1.807, 2.05) is 0 Å². The van der Waals surface area contributed by atoms with Crippen LogP contribution < -0.4 is 11.3 Å². The van der Waals surface area contributed by atoms with Gasteiger partial charge in [0, 0.05) is 12.6 Å². The van der Waals surface area contributed by atoms with E-state index in [-0.39, 0.29) is 36.2 Å². The van der Waals surface area contributed by atoms with E-state index in [1.165, 1.54) is 12.7 Å². The molecule has 0 aromatic carbocycles. The van der Waals surface area contributed by atoms with E-state index >= 15 is 0 Å². The topological polar surface area (TPSA) is 147 Å². The first-order valence-corrected chi connectivity index (χ1v) is 7.37. The van der Waals surface area contributed by atoms with Crippen LogP contribution in [0.3, 0.4) is 0 Å². The van der Waals surface area contributed by atoms with Crippen molar-refractivity contribution in [2.45, 2.75) is 12.5 Å². The fourth-order valence-corrected chi connectivity index (χ4v) is 2.45. The Morgan fingerprint density at radius 3 is 2.84 bits per heavy atom. The number of H-pyrrole nitrogens is 1. The Morgan fingerprint density at radius 1 is 1.47 bits per heavy atom. The van der Waals surface area contributed by atoms with Crippen LogP contribution in [0.5, 0.6) is 0 Å². The number of rotatable bonds is 5. The maximum Gasteiger partial charge on any atom is 0.325 e. The van der Waals surface area contributed by atoms with Crippen LogP contribution in [0, 0.1) is 0 Å². The first-order valence-electron chi connectivity index (χ1n) is 5.57. The van der Waals surface area contributed by atoms with E-state index in [2.05, 4.69) is 15.0 Å². The molecule has 0 aliphatic carbocycles. The van der Waals surface area contributed by atoms with E-state index in [0.717, 1.165) is 0 Å². The normalized spacial score (nSPS) is 13.8. The van der Waals surface area contributed by atoms with Gasteiger partial charge in [-0.2, -0.15) is 0 Å². The summed E-state index contributed by atoms with van der Waals surface area (Å²) in [5, 5.41) is 0. The number of aromatic amines is 1. The lowest BCUT2D eigenvalue weighted by atomic mass is 10.2. The number of hydrogen-bond donors (Lipinski definition) is 4. The fraction of sp³-hybridized carbons (Fsp3) is 0.444. The smallest absolute Gasteiger partial charge is 0.325 e. The predicted molar refractivity (Wildman–Crippen MR) is 67.8 cm³/mol. The molecule has 0 saturated heterocycles. The molecular weight excluding hydrogens is 273 g/mol. The molecule has 2 rings (SSSR count). The highest BCUT2D eigenvalue weighted by molar-refractivity contribution is 7.51. The van der Waals surface area contributed by atoms with Gasteiger partial charge in [0.15, 0.2) is 11.2 Å². The molecule has 1 atom stereocenters. The minimum Gasteiger partial charge on any atom is -0.328 e. The summed E-state index contributed by atoms with van der Waals surface area (Å²) in [6.45, 7) is 0.167. The molecule has 0 radical (unpaired) electrons. The van der Waals surface area contributed by atoms with Gasteiger partial charge in [-0.3, -0.25) is 9.36 Å². The van der Waals surface area contributed by atoms with Gasteiger partial charge in [-0.1, -0.05) is 0 Å². The lowest BCUT2D eigenvalue weighted by molar-refractivity contribution is 0.365. The first-order chi connectivity index (χ1) is 8.92.